The van der Waals surface area contributed by atoms with Crippen LogP contribution in [0.2, 0.25) is 0 Å². The molecule has 0 nitrogen and oxygen atoms in total. The molecule has 0 aromatic carbocycles. The summed E-state index contributed by atoms with van der Waals surface area (Å²) in [6, 6.07) is 4.41. The van der Waals surface area contributed by atoms with Gasteiger partial charge in [0, 0.05) is 4.88 Å². The molecule has 0 aliphatic rings. The molecule has 0 saturated heterocycles. The Kier molecular flexibility index (Phi) is 9.01. The summed E-state index contributed by atoms with van der Waals surface area (Å²) in [5, 5.41) is 2.18. The van der Waals surface area contributed by atoms with Gasteiger partial charge in [0.25, 0.3) is 0 Å². The average Bonchev–Trinajstić information content (AvgIpc) is 2.80. The largest absolute Gasteiger partial charge is 0.179 e. The van der Waals surface area contributed by atoms with Gasteiger partial charge in [-0.3, -0.25) is 0 Å². The van der Waals surface area contributed by atoms with E-state index < -0.39 is 0 Å². The van der Waals surface area contributed by atoms with E-state index in [1.165, 1.54) is 57.8 Å². The third kappa shape index (κ3) is 7.34. The van der Waals surface area contributed by atoms with E-state index in [4.69, 9.17) is 0 Å². The Bertz CT molecular complexity index is 229. The number of rotatable bonds is 10. The topological polar surface area (TPSA) is 0 Å². The van der Waals surface area contributed by atoms with Crippen molar-refractivity contribution in [3.63, 3.8) is 0 Å². The molecule has 16 heavy (non-hydrogen) atoms. The van der Waals surface area contributed by atoms with E-state index in [9.17, 15) is 0 Å². The quantitative estimate of drug-likeness (QED) is 0.424. The standard InChI is InChI=1S/C14H24S2/c15-12-8-6-4-2-1-3-5-7-10-14-11-9-13-16-14/h9,11,13,15H,1-8,10,12H2. The lowest BCUT2D eigenvalue weighted by Crippen LogP contribution is -1.84. The maximum Gasteiger partial charge on any atom is 0.00452 e. The zero-order valence-electron chi connectivity index (χ0n) is 10.2. The molecule has 0 unspecified atom stereocenters. The van der Waals surface area contributed by atoms with Crippen LogP contribution in [0, 0.1) is 0 Å². The summed E-state index contributed by atoms with van der Waals surface area (Å²) >= 11 is 6.12. The highest BCUT2D eigenvalue weighted by atomic mass is 32.1. The van der Waals surface area contributed by atoms with Crippen LogP contribution < -0.4 is 0 Å². The van der Waals surface area contributed by atoms with Crippen molar-refractivity contribution >= 4 is 24.0 Å². The molecule has 1 aromatic heterocycles. The van der Waals surface area contributed by atoms with Gasteiger partial charge in [0.15, 0.2) is 0 Å². The van der Waals surface area contributed by atoms with E-state index in [1.807, 2.05) is 11.3 Å². The first kappa shape index (κ1) is 14.1. The van der Waals surface area contributed by atoms with Crippen LogP contribution in [0.15, 0.2) is 17.5 Å². The third-order valence-corrected chi connectivity index (χ3v) is 4.16. The van der Waals surface area contributed by atoms with Crippen molar-refractivity contribution in [2.45, 2.75) is 57.8 Å². The molecular weight excluding hydrogens is 232 g/mol. The summed E-state index contributed by atoms with van der Waals surface area (Å²) in [4.78, 5) is 1.55. The monoisotopic (exact) mass is 256 g/mol. The molecule has 0 aliphatic heterocycles. The number of hydrogen-bond acceptors (Lipinski definition) is 2. The molecule has 1 rings (SSSR count). The first-order valence-corrected chi connectivity index (χ1v) is 8.08. The van der Waals surface area contributed by atoms with Crippen LogP contribution in [0.4, 0.5) is 0 Å². The maximum atomic E-state index is 4.22. The van der Waals surface area contributed by atoms with Gasteiger partial charge in [0.05, 0.1) is 0 Å². The summed E-state index contributed by atoms with van der Waals surface area (Å²) in [5.74, 6) is 1.06. The fourth-order valence-electron chi connectivity index (χ4n) is 1.93. The van der Waals surface area contributed by atoms with Crippen LogP contribution in [0.5, 0.6) is 0 Å². The lowest BCUT2D eigenvalue weighted by atomic mass is 10.1. The smallest absolute Gasteiger partial charge is 0.00452 e. The van der Waals surface area contributed by atoms with Crippen molar-refractivity contribution < 1.29 is 0 Å². The zero-order chi connectivity index (χ0) is 11.5. The zero-order valence-corrected chi connectivity index (χ0v) is 11.9. The van der Waals surface area contributed by atoms with Crippen molar-refractivity contribution in [3.05, 3.63) is 22.4 Å². The number of hydrogen-bond donors (Lipinski definition) is 1. The Balaban J connectivity index is 1.78. The molecular formula is C14H24S2. The number of thiol groups is 1. The SMILES string of the molecule is SCCCCCCCCCCc1cccs1. The summed E-state index contributed by atoms with van der Waals surface area (Å²) in [6.45, 7) is 0. The Morgan fingerprint density at radius 1 is 0.875 bits per heavy atom. The van der Waals surface area contributed by atoms with Gasteiger partial charge in [-0.05, 0) is 36.5 Å². The second-order valence-corrected chi connectivity index (χ2v) is 5.86. The van der Waals surface area contributed by atoms with Crippen LogP contribution in [0.25, 0.3) is 0 Å². The minimum Gasteiger partial charge on any atom is -0.179 e. The van der Waals surface area contributed by atoms with E-state index in [-0.39, 0.29) is 0 Å². The highest BCUT2D eigenvalue weighted by Crippen LogP contribution is 2.14. The molecule has 0 saturated carbocycles. The van der Waals surface area contributed by atoms with Crippen LogP contribution in [0.3, 0.4) is 0 Å². The van der Waals surface area contributed by atoms with Gasteiger partial charge in [-0.1, -0.05) is 44.6 Å². The minimum absolute atomic E-state index is 1.06. The Morgan fingerprint density at radius 2 is 1.50 bits per heavy atom. The first-order chi connectivity index (χ1) is 7.93. The van der Waals surface area contributed by atoms with Crippen LogP contribution >= 0.6 is 24.0 Å². The van der Waals surface area contributed by atoms with E-state index in [1.54, 1.807) is 4.88 Å². The lowest BCUT2D eigenvalue weighted by molar-refractivity contribution is 0.577. The molecule has 0 radical (unpaired) electrons. The Morgan fingerprint density at radius 3 is 2.06 bits per heavy atom. The predicted octanol–water partition coefficient (Wildman–Crippen LogP) is 5.34. The first-order valence-electron chi connectivity index (χ1n) is 6.56. The van der Waals surface area contributed by atoms with E-state index in [0.717, 1.165) is 5.75 Å². The summed E-state index contributed by atoms with van der Waals surface area (Å²) in [7, 11) is 0. The fourth-order valence-corrected chi connectivity index (χ4v) is 2.90. The highest BCUT2D eigenvalue weighted by molar-refractivity contribution is 7.80. The van der Waals surface area contributed by atoms with Crippen molar-refractivity contribution in [2.75, 3.05) is 5.75 Å². The second kappa shape index (κ2) is 10.2. The summed E-state index contributed by atoms with van der Waals surface area (Å²) in [5.41, 5.74) is 0. The van der Waals surface area contributed by atoms with Gasteiger partial charge in [0.2, 0.25) is 0 Å². The molecule has 92 valence electrons. The van der Waals surface area contributed by atoms with Crippen LogP contribution in [0.1, 0.15) is 56.2 Å². The van der Waals surface area contributed by atoms with Crippen LogP contribution in [-0.2, 0) is 6.42 Å². The van der Waals surface area contributed by atoms with Gasteiger partial charge >= 0.3 is 0 Å². The second-order valence-electron chi connectivity index (χ2n) is 4.38. The normalized spacial score (nSPS) is 10.8. The van der Waals surface area contributed by atoms with E-state index >= 15 is 0 Å². The van der Waals surface area contributed by atoms with E-state index in [2.05, 4.69) is 30.1 Å². The van der Waals surface area contributed by atoms with Gasteiger partial charge in [-0.15, -0.1) is 11.3 Å². The van der Waals surface area contributed by atoms with Crippen LogP contribution in [-0.4, -0.2) is 5.75 Å². The molecule has 1 heterocycles. The summed E-state index contributed by atoms with van der Waals surface area (Å²) in [6.07, 6.45) is 12.4. The van der Waals surface area contributed by atoms with Gasteiger partial charge in [-0.2, -0.15) is 12.6 Å². The average molecular weight is 256 g/mol. The molecule has 0 atom stereocenters. The molecule has 0 aliphatic carbocycles. The number of unbranched alkanes of at least 4 members (excludes halogenated alkanes) is 7. The number of aryl methyl sites for hydroxylation is 1. The Hall–Kier alpha value is 0.0500. The molecule has 0 fully saturated rings. The van der Waals surface area contributed by atoms with Gasteiger partial charge in [-0.25, -0.2) is 0 Å². The van der Waals surface area contributed by atoms with Gasteiger partial charge in [0.1, 0.15) is 0 Å². The lowest BCUT2D eigenvalue weighted by Gasteiger charge is -2.01. The van der Waals surface area contributed by atoms with Crippen molar-refractivity contribution in [1.29, 1.82) is 0 Å². The molecule has 2 heteroatoms. The number of thiophene rings is 1. The fraction of sp³-hybridized carbons (Fsp3) is 0.714. The minimum atomic E-state index is 1.06. The summed E-state index contributed by atoms with van der Waals surface area (Å²) < 4.78 is 0. The van der Waals surface area contributed by atoms with Crippen molar-refractivity contribution in [3.8, 4) is 0 Å². The van der Waals surface area contributed by atoms with Gasteiger partial charge < -0.3 is 0 Å². The maximum absolute atomic E-state index is 4.22. The predicted molar refractivity (Wildman–Crippen MR) is 78.8 cm³/mol. The molecule has 0 N–H and O–H groups in total. The molecule has 1 aromatic rings. The Labute approximate surface area is 110 Å². The highest BCUT2D eigenvalue weighted by Gasteiger charge is 1.94. The molecule has 0 amide bonds. The van der Waals surface area contributed by atoms with E-state index in [0.29, 0.717) is 0 Å². The van der Waals surface area contributed by atoms with Crippen molar-refractivity contribution in [1.82, 2.24) is 0 Å². The molecule has 0 spiro atoms. The third-order valence-electron chi connectivity index (χ3n) is 2.91. The van der Waals surface area contributed by atoms with Crippen molar-refractivity contribution in [2.24, 2.45) is 0 Å². The molecule has 0 bridgehead atoms.